The second-order valence-electron chi connectivity index (χ2n) is 6.66. The van der Waals surface area contributed by atoms with E-state index in [1.54, 1.807) is 24.3 Å². The van der Waals surface area contributed by atoms with Crippen LogP contribution in [0.4, 0.5) is 0 Å². The lowest BCUT2D eigenvalue weighted by Gasteiger charge is -2.23. The lowest BCUT2D eigenvalue weighted by atomic mass is 10.1. The fourth-order valence-electron chi connectivity index (χ4n) is 3.39. The number of benzene rings is 2. The summed E-state index contributed by atoms with van der Waals surface area (Å²) in [5.74, 6) is -0.842. The Kier molecular flexibility index (Phi) is 6.02. The van der Waals surface area contributed by atoms with Gasteiger partial charge in [0.2, 0.25) is 5.91 Å². The number of hydrogen-bond donors (Lipinski definition) is 2. The van der Waals surface area contributed by atoms with Crippen LogP contribution in [0.15, 0.2) is 54.6 Å². The predicted octanol–water partition coefficient (Wildman–Crippen LogP) is 2.71. The van der Waals surface area contributed by atoms with E-state index in [0.717, 1.165) is 31.5 Å². The molecule has 5 nitrogen and oxygen atoms in total. The maximum absolute atomic E-state index is 12.5. The van der Waals surface area contributed by atoms with Gasteiger partial charge in [-0.25, -0.2) is 4.79 Å². The molecule has 1 amide bonds. The van der Waals surface area contributed by atoms with Gasteiger partial charge in [-0.05, 0) is 49.1 Å². The molecule has 0 unspecified atom stereocenters. The van der Waals surface area contributed by atoms with E-state index in [0.29, 0.717) is 13.0 Å². The SMILES string of the molecule is O=C(O)c1ccc(CCNC(=O)[C@H]2CCCN2Cc2ccccc2)cc1. The minimum Gasteiger partial charge on any atom is -0.478 e. The lowest BCUT2D eigenvalue weighted by Crippen LogP contribution is -2.43. The van der Waals surface area contributed by atoms with Gasteiger partial charge < -0.3 is 10.4 Å². The zero-order chi connectivity index (χ0) is 18.4. The van der Waals surface area contributed by atoms with Gasteiger partial charge in [-0.15, -0.1) is 0 Å². The lowest BCUT2D eigenvalue weighted by molar-refractivity contribution is -0.125. The summed E-state index contributed by atoms with van der Waals surface area (Å²) in [5.41, 5.74) is 2.52. The Morgan fingerprint density at radius 1 is 1.04 bits per heavy atom. The number of carboxylic acid groups (broad SMARTS) is 1. The number of nitrogens with one attached hydrogen (secondary N) is 1. The van der Waals surface area contributed by atoms with E-state index in [9.17, 15) is 9.59 Å². The minimum absolute atomic E-state index is 0.0652. The van der Waals surface area contributed by atoms with Crippen molar-refractivity contribution in [3.8, 4) is 0 Å². The molecule has 1 aliphatic heterocycles. The van der Waals surface area contributed by atoms with Gasteiger partial charge in [0.25, 0.3) is 0 Å². The summed E-state index contributed by atoms with van der Waals surface area (Å²) >= 11 is 0. The molecule has 1 aliphatic rings. The van der Waals surface area contributed by atoms with Crippen molar-refractivity contribution >= 4 is 11.9 Å². The van der Waals surface area contributed by atoms with Gasteiger partial charge in [0.15, 0.2) is 0 Å². The number of amides is 1. The first-order valence-electron chi connectivity index (χ1n) is 9.01. The Morgan fingerprint density at radius 3 is 2.46 bits per heavy atom. The molecule has 2 aromatic rings. The van der Waals surface area contributed by atoms with Crippen LogP contribution >= 0.6 is 0 Å². The summed E-state index contributed by atoms with van der Waals surface area (Å²) < 4.78 is 0. The average Bonchev–Trinajstić information content (AvgIpc) is 3.11. The Morgan fingerprint density at radius 2 is 1.77 bits per heavy atom. The van der Waals surface area contributed by atoms with Gasteiger partial charge in [0.1, 0.15) is 0 Å². The fourth-order valence-corrected chi connectivity index (χ4v) is 3.39. The first-order valence-corrected chi connectivity index (χ1v) is 9.01. The summed E-state index contributed by atoms with van der Waals surface area (Å²) in [6.07, 6.45) is 2.63. The number of nitrogens with zero attached hydrogens (tertiary/aromatic N) is 1. The molecule has 2 aromatic carbocycles. The van der Waals surface area contributed by atoms with Gasteiger partial charge in [-0.2, -0.15) is 0 Å². The highest BCUT2D eigenvalue weighted by molar-refractivity contribution is 5.87. The van der Waals surface area contributed by atoms with Crippen LogP contribution in [0.1, 0.15) is 34.3 Å². The zero-order valence-corrected chi connectivity index (χ0v) is 14.7. The molecular formula is C21H24N2O3. The first-order chi connectivity index (χ1) is 12.6. The molecular weight excluding hydrogens is 328 g/mol. The van der Waals surface area contributed by atoms with Crippen LogP contribution in [0.2, 0.25) is 0 Å². The van der Waals surface area contributed by atoms with Crippen molar-refractivity contribution in [1.29, 1.82) is 0 Å². The summed E-state index contributed by atoms with van der Waals surface area (Å²) in [6, 6.07) is 17.0. The van der Waals surface area contributed by atoms with Crippen LogP contribution < -0.4 is 5.32 Å². The Labute approximate surface area is 153 Å². The normalized spacial score (nSPS) is 17.2. The molecule has 1 atom stereocenters. The van der Waals surface area contributed by atoms with Crippen molar-refractivity contribution in [3.05, 3.63) is 71.3 Å². The predicted molar refractivity (Wildman–Crippen MR) is 100.0 cm³/mol. The molecule has 0 spiro atoms. The van der Waals surface area contributed by atoms with Gasteiger partial charge in [-0.3, -0.25) is 9.69 Å². The van der Waals surface area contributed by atoms with Crippen LogP contribution in [0.25, 0.3) is 0 Å². The van der Waals surface area contributed by atoms with E-state index in [-0.39, 0.29) is 17.5 Å². The minimum atomic E-state index is -0.926. The number of carbonyl (C=O) groups excluding carboxylic acids is 1. The molecule has 0 radical (unpaired) electrons. The van der Waals surface area contributed by atoms with E-state index >= 15 is 0 Å². The second-order valence-corrected chi connectivity index (χ2v) is 6.66. The number of carbonyl (C=O) groups is 2. The van der Waals surface area contributed by atoms with Crippen LogP contribution in [-0.4, -0.2) is 41.0 Å². The standard InChI is InChI=1S/C21H24N2O3/c24-20(22-13-12-16-8-10-18(11-9-16)21(25)26)19-7-4-14-23(19)15-17-5-2-1-3-6-17/h1-3,5-6,8-11,19H,4,7,12-15H2,(H,22,24)(H,25,26)/t19-/m1/s1. The largest absolute Gasteiger partial charge is 0.478 e. The van der Waals surface area contributed by atoms with Gasteiger partial charge in [0.05, 0.1) is 11.6 Å². The zero-order valence-electron chi connectivity index (χ0n) is 14.7. The molecule has 1 heterocycles. The van der Waals surface area contributed by atoms with Crippen LogP contribution in [0.3, 0.4) is 0 Å². The molecule has 26 heavy (non-hydrogen) atoms. The number of aromatic carboxylic acids is 1. The van der Waals surface area contributed by atoms with Crippen molar-refractivity contribution in [2.75, 3.05) is 13.1 Å². The molecule has 3 rings (SSSR count). The van der Waals surface area contributed by atoms with Gasteiger partial charge in [0, 0.05) is 13.1 Å². The summed E-state index contributed by atoms with van der Waals surface area (Å²) in [4.78, 5) is 25.7. The van der Waals surface area contributed by atoms with Crippen LogP contribution in [0.5, 0.6) is 0 Å². The number of carboxylic acids is 1. The third-order valence-corrected chi connectivity index (χ3v) is 4.81. The van der Waals surface area contributed by atoms with E-state index in [1.807, 2.05) is 18.2 Å². The molecule has 0 aliphatic carbocycles. The van der Waals surface area contributed by atoms with E-state index in [1.165, 1.54) is 5.56 Å². The topological polar surface area (TPSA) is 69.6 Å². The summed E-state index contributed by atoms with van der Waals surface area (Å²) in [5, 5.41) is 11.9. The third-order valence-electron chi connectivity index (χ3n) is 4.81. The molecule has 1 fully saturated rings. The molecule has 0 saturated carbocycles. The smallest absolute Gasteiger partial charge is 0.335 e. The van der Waals surface area contributed by atoms with E-state index < -0.39 is 5.97 Å². The molecule has 2 N–H and O–H groups in total. The quantitative estimate of drug-likeness (QED) is 0.804. The maximum atomic E-state index is 12.5. The highest BCUT2D eigenvalue weighted by Gasteiger charge is 2.30. The highest BCUT2D eigenvalue weighted by atomic mass is 16.4. The molecule has 0 aromatic heterocycles. The van der Waals surface area contributed by atoms with Crippen LogP contribution in [0, 0.1) is 0 Å². The van der Waals surface area contributed by atoms with Gasteiger partial charge >= 0.3 is 5.97 Å². The Bertz CT molecular complexity index is 744. The molecule has 1 saturated heterocycles. The summed E-state index contributed by atoms with van der Waals surface area (Å²) in [6.45, 7) is 2.31. The molecule has 136 valence electrons. The molecule has 0 bridgehead atoms. The Balaban J connectivity index is 1.48. The Hall–Kier alpha value is -2.66. The van der Waals surface area contributed by atoms with Gasteiger partial charge in [-0.1, -0.05) is 42.5 Å². The van der Waals surface area contributed by atoms with Crippen LogP contribution in [-0.2, 0) is 17.8 Å². The third kappa shape index (κ3) is 4.70. The van der Waals surface area contributed by atoms with Crippen molar-refractivity contribution in [3.63, 3.8) is 0 Å². The fraction of sp³-hybridized carbons (Fsp3) is 0.333. The van der Waals surface area contributed by atoms with Crippen molar-refractivity contribution < 1.29 is 14.7 Å². The average molecular weight is 352 g/mol. The van der Waals surface area contributed by atoms with Crippen molar-refractivity contribution in [1.82, 2.24) is 10.2 Å². The second kappa shape index (κ2) is 8.63. The summed E-state index contributed by atoms with van der Waals surface area (Å²) in [7, 11) is 0. The number of likely N-dealkylation sites (tertiary alicyclic amines) is 1. The number of rotatable bonds is 7. The van der Waals surface area contributed by atoms with Crippen molar-refractivity contribution in [2.24, 2.45) is 0 Å². The number of hydrogen-bond acceptors (Lipinski definition) is 3. The monoisotopic (exact) mass is 352 g/mol. The highest BCUT2D eigenvalue weighted by Crippen LogP contribution is 2.20. The van der Waals surface area contributed by atoms with E-state index in [4.69, 9.17) is 5.11 Å². The molecule has 5 heteroatoms. The first kappa shape index (κ1) is 18.1. The maximum Gasteiger partial charge on any atom is 0.335 e. The van der Waals surface area contributed by atoms with E-state index in [2.05, 4.69) is 22.3 Å². The van der Waals surface area contributed by atoms with Crippen molar-refractivity contribution in [2.45, 2.75) is 31.8 Å².